The summed E-state index contributed by atoms with van der Waals surface area (Å²) in [7, 11) is 0. The predicted molar refractivity (Wildman–Crippen MR) is 102 cm³/mol. The fourth-order valence-corrected chi connectivity index (χ4v) is 6.26. The second-order valence-electron chi connectivity index (χ2n) is 9.48. The van der Waals surface area contributed by atoms with Crippen LogP contribution in [0.1, 0.15) is 71.6 Å². The van der Waals surface area contributed by atoms with Gasteiger partial charge in [-0.3, -0.25) is 4.79 Å². The third-order valence-electron chi connectivity index (χ3n) is 8.06. The van der Waals surface area contributed by atoms with Gasteiger partial charge in [-0.1, -0.05) is 33.1 Å². The van der Waals surface area contributed by atoms with Gasteiger partial charge in [0.2, 0.25) is 5.91 Å². The van der Waals surface area contributed by atoms with E-state index in [9.17, 15) is 4.79 Å². The maximum absolute atomic E-state index is 13.4. The van der Waals surface area contributed by atoms with E-state index < -0.39 is 5.54 Å². The minimum absolute atomic E-state index is 0. The van der Waals surface area contributed by atoms with Crippen LogP contribution in [0.25, 0.3) is 0 Å². The number of amides is 1. The van der Waals surface area contributed by atoms with Gasteiger partial charge in [0.05, 0.1) is 6.10 Å². The van der Waals surface area contributed by atoms with Crippen molar-refractivity contribution >= 4 is 18.3 Å². The molecule has 4 fully saturated rings. The van der Waals surface area contributed by atoms with Crippen molar-refractivity contribution in [1.29, 1.82) is 0 Å². The Hall–Kier alpha value is -0.320. The first-order valence-corrected chi connectivity index (χ1v) is 10.1. The highest BCUT2D eigenvalue weighted by molar-refractivity contribution is 5.89. The molecule has 2 heterocycles. The first kappa shape index (κ1) is 19.4. The van der Waals surface area contributed by atoms with Crippen LogP contribution in [0.3, 0.4) is 0 Å². The number of hydrogen-bond donors (Lipinski definition) is 1. The second kappa shape index (κ2) is 6.69. The predicted octanol–water partition coefficient (Wildman–Crippen LogP) is 3.51. The van der Waals surface area contributed by atoms with Crippen molar-refractivity contribution in [2.45, 2.75) is 83.3 Å². The number of nitrogens with zero attached hydrogens (tertiary/aromatic N) is 1. The first-order chi connectivity index (χ1) is 11.4. The van der Waals surface area contributed by atoms with Crippen LogP contribution < -0.4 is 5.73 Å². The van der Waals surface area contributed by atoms with Gasteiger partial charge in [0.1, 0.15) is 5.54 Å². The monoisotopic (exact) mass is 370 g/mol. The van der Waals surface area contributed by atoms with Crippen LogP contribution in [0, 0.1) is 16.7 Å². The van der Waals surface area contributed by atoms with Gasteiger partial charge in [-0.15, -0.1) is 12.4 Å². The Kier molecular flexibility index (Phi) is 5.20. The van der Waals surface area contributed by atoms with Gasteiger partial charge in [-0.05, 0) is 43.9 Å². The van der Waals surface area contributed by atoms with Crippen molar-refractivity contribution in [3.05, 3.63) is 0 Å². The van der Waals surface area contributed by atoms with Crippen molar-refractivity contribution in [3.63, 3.8) is 0 Å². The normalized spacial score (nSPS) is 39.1. The molecule has 3 unspecified atom stereocenters. The van der Waals surface area contributed by atoms with Gasteiger partial charge in [0.25, 0.3) is 0 Å². The number of piperidine rings is 1. The van der Waals surface area contributed by atoms with E-state index >= 15 is 0 Å². The SMILES string of the molecule is CC1(C)C2OCCCC2C1(N)C(=O)N1CCC2(CCCCC2)CC1.Cl. The molecule has 2 aliphatic heterocycles. The molecule has 144 valence electrons. The quantitative estimate of drug-likeness (QED) is 0.768. The van der Waals surface area contributed by atoms with Crippen molar-refractivity contribution in [2.75, 3.05) is 19.7 Å². The molecule has 0 aromatic rings. The zero-order valence-corrected chi connectivity index (χ0v) is 16.7. The number of nitrogens with two attached hydrogens (primary N) is 1. The van der Waals surface area contributed by atoms with Gasteiger partial charge >= 0.3 is 0 Å². The van der Waals surface area contributed by atoms with Crippen LogP contribution in [0.15, 0.2) is 0 Å². The van der Waals surface area contributed by atoms with Crippen molar-refractivity contribution in [2.24, 2.45) is 22.5 Å². The smallest absolute Gasteiger partial charge is 0.243 e. The lowest BCUT2D eigenvalue weighted by Gasteiger charge is -2.66. The number of fused-ring (bicyclic) bond motifs is 1. The zero-order chi connectivity index (χ0) is 17.0. The summed E-state index contributed by atoms with van der Waals surface area (Å²) in [5.41, 5.74) is 6.36. The Morgan fingerprint density at radius 3 is 2.32 bits per heavy atom. The number of carbonyl (C=O) groups is 1. The molecule has 4 nitrogen and oxygen atoms in total. The number of hydrogen-bond acceptors (Lipinski definition) is 3. The Balaban J connectivity index is 0.00000182. The van der Waals surface area contributed by atoms with E-state index in [0.29, 0.717) is 5.41 Å². The maximum atomic E-state index is 13.4. The van der Waals surface area contributed by atoms with Crippen molar-refractivity contribution in [3.8, 4) is 0 Å². The highest BCUT2D eigenvalue weighted by Gasteiger charge is 2.71. The Morgan fingerprint density at radius 1 is 1.04 bits per heavy atom. The lowest BCUT2D eigenvalue weighted by Crippen LogP contribution is -2.82. The second-order valence-corrected chi connectivity index (χ2v) is 9.48. The van der Waals surface area contributed by atoms with Crippen LogP contribution in [0.5, 0.6) is 0 Å². The van der Waals surface area contributed by atoms with E-state index in [4.69, 9.17) is 10.5 Å². The van der Waals surface area contributed by atoms with Crippen LogP contribution in [-0.2, 0) is 9.53 Å². The lowest BCUT2D eigenvalue weighted by atomic mass is 9.46. The van der Waals surface area contributed by atoms with Crippen molar-refractivity contribution < 1.29 is 9.53 Å². The Morgan fingerprint density at radius 2 is 1.68 bits per heavy atom. The van der Waals surface area contributed by atoms with Gasteiger partial charge in [-0.2, -0.15) is 0 Å². The third-order valence-corrected chi connectivity index (χ3v) is 8.06. The Labute approximate surface area is 158 Å². The molecule has 0 bridgehead atoms. The number of carbonyl (C=O) groups excluding carboxylic acids is 1. The number of likely N-dealkylation sites (tertiary alicyclic amines) is 1. The lowest BCUT2D eigenvalue weighted by molar-refractivity contribution is -0.231. The molecular weight excluding hydrogens is 336 g/mol. The van der Waals surface area contributed by atoms with Crippen LogP contribution in [0.2, 0.25) is 0 Å². The molecule has 1 amide bonds. The molecule has 0 radical (unpaired) electrons. The molecule has 3 atom stereocenters. The summed E-state index contributed by atoms with van der Waals surface area (Å²) in [5, 5.41) is 0. The summed E-state index contributed by atoms with van der Waals surface area (Å²) in [6.07, 6.45) is 11.5. The first-order valence-electron chi connectivity index (χ1n) is 10.1. The molecule has 4 rings (SSSR count). The number of halogens is 1. The maximum Gasteiger partial charge on any atom is 0.243 e. The summed E-state index contributed by atoms with van der Waals surface area (Å²) >= 11 is 0. The fourth-order valence-electron chi connectivity index (χ4n) is 6.26. The van der Waals surface area contributed by atoms with Crippen LogP contribution in [0.4, 0.5) is 0 Å². The molecule has 25 heavy (non-hydrogen) atoms. The van der Waals surface area contributed by atoms with Crippen LogP contribution >= 0.6 is 12.4 Å². The summed E-state index contributed by atoms with van der Waals surface area (Å²) in [5.74, 6) is 0.407. The molecule has 2 aliphatic carbocycles. The molecule has 0 aromatic heterocycles. The summed E-state index contributed by atoms with van der Waals surface area (Å²) in [6, 6.07) is 0. The Bertz CT molecular complexity index is 508. The van der Waals surface area contributed by atoms with E-state index in [1.54, 1.807) is 0 Å². The van der Waals surface area contributed by atoms with Crippen LogP contribution in [-0.4, -0.2) is 42.1 Å². The molecule has 2 saturated carbocycles. The molecular formula is C20H35ClN2O2. The average molecular weight is 371 g/mol. The van der Waals surface area contributed by atoms with Crippen molar-refractivity contribution in [1.82, 2.24) is 4.90 Å². The van der Waals surface area contributed by atoms with Gasteiger partial charge < -0.3 is 15.4 Å². The topological polar surface area (TPSA) is 55.6 Å². The zero-order valence-electron chi connectivity index (χ0n) is 15.9. The number of rotatable bonds is 1. The summed E-state index contributed by atoms with van der Waals surface area (Å²) in [6.45, 7) is 6.90. The molecule has 0 aromatic carbocycles. The van der Waals surface area contributed by atoms with Gasteiger partial charge in [0, 0.05) is 31.0 Å². The molecule has 2 N–H and O–H groups in total. The van der Waals surface area contributed by atoms with E-state index in [2.05, 4.69) is 18.7 Å². The highest BCUT2D eigenvalue weighted by Crippen LogP contribution is 2.58. The van der Waals surface area contributed by atoms with E-state index in [1.165, 1.54) is 44.9 Å². The average Bonchev–Trinajstić information content (AvgIpc) is 2.62. The van der Waals surface area contributed by atoms with Gasteiger partial charge in [0.15, 0.2) is 0 Å². The minimum Gasteiger partial charge on any atom is -0.377 e. The molecule has 5 heteroatoms. The van der Waals surface area contributed by atoms with E-state index in [0.717, 1.165) is 32.5 Å². The fraction of sp³-hybridized carbons (Fsp3) is 0.950. The standard InChI is InChI=1S/C20H34N2O2.ClH/c1-18(2)16-15(7-6-14-24-16)20(18,21)17(23)22-12-10-19(11-13-22)8-4-3-5-9-19;/h15-16H,3-14,21H2,1-2H3;1H. The van der Waals surface area contributed by atoms with E-state index in [1.807, 2.05) is 0 Å². The summed E-state index contributed by atoms with van der Waals surface area (Å²) < 4.78 is 5.96. The summed E-state index contributed by atoms with van der Waals surface area (Å²) in [4.78, 5) is 15.5. The highest BCUT2D eigenvalue weighted by atomic mass is 35.5. The third kappa shape index (κ3) is 2.74. The molecule has 1 spiro atoms. The largest absolute Gasteiger partial charge is 0.377 e. The molecule has 4 aliphatic rings. The van der Waals surface area contributed by atoms with E-state index in [-0.39, 0.29) is 35.8 Å². The minimum atomic E-state index is -0.727. The number of ether oxygens (including phenoxy) is 1. The molecule has 2 saturated heterocycles. The van der Waals surface area contributed by atoms with Gasteiger partial charge in [-0.25, -0.2) is 0 Å².